The summed E-state index contributed by atoms with van der Waals surface area (Å²) in [6, 6.07) is -0.111. The van der Waals surface area contributed by atoms with Gasteiger partial charge >= 0.3 is 0 Å². The van der Waals surface area contributed by atoms with E-state index in [0.717, 1.165) is 32.1 Å². The highest BCUT2D eigenvalue weighted by atomic mass is 16.2. The van der Waals surface area contributed by atoms with Crippen LogP contribution in [0.15, 0.2) is 0 Å². The fourth-order valence-corrected chi connectivity index (χ4v) is 3.12. The van der Waals surface area contributed by atoms with E-state index in [1.54, 1.807) is 0 Å². The molecule has 1 rings (SSSR count). The lowest BCUT2D eigenvalue weighted by Crippen LogP contribution is -2.45. The summed E-state index contributed by atoms with van der Waals surface area (Å²) in [7, 11) is 0. The van der Waals surface area contributed by atoms with Crippen LogP contribution >= 0.6 is 0 Å². The lowest BCUT2D eigenvalue weighted by atomic mass is 9.88. The summed E-state index contributed by atoms with van der Waals surface area (Å²) < 4.78 is 0. The number of nitrogens with one attached hydrogen (secondary N) is 2. The molecule has 5 nitrogen and oxygen atoms in total. The molecule has 1 aliphatic carbocycles. The van der Waals surface area contributed by atoms with Gasteiger partial charge in [-0.25, -0.2) is 0 Å². The second-order valence-corrected chi connectivity index (χ2v) is 7.08. The molecule has 2 amide bonds. The topological polar surface area (TPSA) is 84.2 Å². The number of carbonyl (C=O) groups is 2. The van der Waals surface area contributed by atoms with Crippen LogP contribution in [-0.2, 0) is 9.59 Å². The van der Waals surface area contributed by atoms with E-state index in [0.29, 0.717) is 18.9 Å². The van der Waals surface area contributed by atoms with Crippen molar-refractivity contribution in [3.05, 3.63) is 0 Å². The zero-order valence-corrected chi connectivity index (χ0v) is 14.4. The second kappa shape index (κ2) is 9.82. The molecule has 1 saturated carbocycles. The number of nitrogens with two attached hydrogens (primary N) is 1. The van der Waals surface area contributed by atoms with Gasteiger partial charge in [0, 0.05) is 31.0 Å². The Bertz CT molecular complexity index is 352. The molecule has 0 aromatic carbocycles. The van der Waals surface area contributed by atoms with E-state index >= 15 is 0 Å². The standard InChI is InChI=1S/C17H33N3O2/c1-12(2)9-15(11-18)20-16(21)10-13(3)19-17(22)14-7-5-4-6-8-14/h12-15H,4-11,18H2,1-3H3,(H,19,22)(H,20,21). The maximum Gasteiger partial charge on any atom is 0.223 e. The van der Waals surface area contributed by atoms with Gasteiger partial charge in [-0.05, 0) is 32.1 Å². The van der Waals surface area contributed by atoms with Crippen molar-refractivity contribution in [2.45, 2.75) is 77.8 Å². The maximum atomic E-state index is 12.2. The van der Waals surface area contributed by atoms with Crippen molar-refractivity contribution in [1.29, 1.82) is 0 Å². The van der Waals surface area contributed by atoms with Gasteiger partial charge < -0.3 is 16.4 Å². The van der Waals surface area contributed by atoms with Crippen LogP contribution in [0.1, 0.15) is 65.7 Å². The summed E-state index contributed by atoms with van der Waals surface area (Å²) in [5.41, 5.74) is 5.69. The predicted octanol–water partition coefficient (Wildman–Crippen LogP) is 1.95. The van der Waals surface area contributed by atoms with E-state index < -0.39 is 0 Å². The van der Waals surface area contributed by atoms with Crippen molar-refractivity contribution in [1.82, 2.24) is 10.6 Å². The molecule has 2 atom stereocenters. The van der Waals surface area contributed by atoms with Crippen LogP contribution in [-0.4, -0.2) is 30.4 Å². The molecule has 1 aliphatic rings. The third-order valence-corrected chi connectivity index (χ3v) is 4.26. The molecule has 0 aromatic heterocycles. The molecule has 0 heterocycles. The first-order chi connectivity index (χ1) is 10.4. The smallest absolute Gasteiger partial charge is 0.223 e. The quantitative estimate of drug-likeness (QED) is 0.640. The molecule has 0 aromatic rings. The largest absolute Gasteiger partial charge is 0.353 e. The van der Waals surface area contributed by atoms with Crippen molar-refractivity contribution in [3.63, 3.8) is 0 Å². The van der Waals surface area contributed by atoms with Crippen LogP contribution in [0.3, 0.4) is 0 Å². The Morgan fingerprint density at radius 2 is 1.73 bits per heavy atom. The highest BCUT2D eigenvalue weighted by molar-refractivity contribution is 5.81. The number of hydrogen-bond donors (Lipinski definition) is 3. The molecule has 128 valence electrons. The number of amides is 2. The van der Waals surface area contributed by atoms with Gasteiger partial charge in [-0.2, -0.15) is 0 Å². The molecular formula is C17H33N3O2. The summed E-state index contributed by atoms with van der Waals surface area (Å²) in [6.07, 6.45) is 6.67. The van der Waals surface area contributed by atoms with Crippen molar-refractivity contribution in [2.24, 2.45) is 17.6 Å². The van der Waals surface area contributed by atoms with E-state index in [-0.39, 0.29) is 29.8 Å². The highest BCUT2D eigenvalue weighted by Gasteiger charge is 2.23. The van der Waals surface area contributed by atoms with Gasteiger partial charge in [0.1, 0.15) is 0 Å². The number of rotatable bonds is 8. The lowest BCUT2D eigenvalue weighted by Gasteiger charge is -2.24. The third-order valence-electron chi connectivity index (χ3n) is 4.26. The minimum atomic E-state index is -0.132. The van der Waals surface area contributed by atoms with Gasteiger partial charge in [-0.15, -0.1) is 0 Å². The summed E-state index contributed by atoms with van der Waals surface area (Å²) in [5, 5.41) is 5.95. The highest BCUT2D eigenvalue weighted by Crippen LogP contribution is 2.23. The average molecular weight is 311 g/mol. The van der Waals surface area contributed by atoms with Crippen molar-refractivity contribution < 1.29 is 9.59 Å². The molecule has 0 radical (unpaired) electrons. The van der Waals surface area contributed by atoms with Crippen LogP contribution in [0.4, 0.5) is 0 Å². The Kier molecular flexibility index (Phi) is 8.46. The lowest BCUT2D eigenvalue weighted by molar-refractivity contribution is -0.127. The van der Waals surface area contributed by atoms with E-state index in [1.807, 2.05) is 6.92 Å². The summed E-state index contributed by atoms with van der Waals surface area (Å²) >= 11 is 0. The van der Waals surface area contributed by atoms with Gasteiger partial charge in [0.15, 0.2) is 0 Å². The van der Waals surface area contributed by atoms with Gasteiger partial charge in [0.25, 0.3) is 0 Å². The fourth-order valence-electron chi connectivity index (χ4n) is 3.12. The normalized spacial score (nSPS) is 18.8. The monoisotopic (exact) mass is 311 g/mol. The van der Waals surface area contributed by atoms with Gasteiger partial charge in [0.2, 0.25) is 11.8 Å². The molecule has 2 unspecified atom stereocenters. The first kappa shape index (κ1) is 18.9. The van der Waals surface area contributed by atoms with Gasteiger partial charge in [0.05, 0.1) is 0 Å². The first-order valence-corrected chi connectivity index (χ1v) is 8.72. The number of carbonyl (C=O) groups excluding carboxylic acids is 2. The molecule has 1 fully saturated rings. The predicted molar refractivity (Wildman–Crippen MR) is 89.2 cm³/mol. The fraction of sp³-hybridized carbons (Fsp3) is 0.882. The van der Waals surface area contributed by atoms with E-state index in [9.17, 15) is 9.59 Å². The third kappa shape index (κ3) is 7.25. The molecule has 5 heteroatoms. The second-order valence-electron chi connectivity index (χ2n) is 7.08. The van der Waals surface area contributed by atoms with Crippen LogP contribution in [0.25, 0.3) is 0 Å². The Hall–Kier alpha value is -1.10. The minimum absolute atomic E-state index is 0.0220. The summed E-state index contributed by atoms with van der Waals surface area (Å²) in [5.74, 6) is 0.708. The van der Waals surface area contributed by atoms with Gasteiger partial charge in [-0.3, -0.25) is 9.59 Å². The molecule has 0 bridgehead atoms. The van der Waals surface area contributed by atoms with Crippen molar-refractivity contribution in [3.8, 4) is 0 Å². The minimum Gasteiger partial charge on any atom is -0.353 e. The zero-order chi connectivity index (χ0) is 16.5. The number of hydrogen-bond acceptors (Lipinski definition) is 3. The maximum absolute atomic E-state index is 12.2. The zero-order valence-electron chi connectivity index (χ0n) is 14.4. The first-order valence-electron chi connectivity index (χ1n) is 8.72. The SMILES string of the molecule is CC(C)CC(CN)NC(=O)CC(C)NC(=O)C1CCCCC1. The molecular weight excluding hydrogens is 278 g/mol. The molecule has 0 saturated heterocycles. The van der Waals surface area contributed by atoms with Crippen molar-refractivity contribution in [2.75, 3.05) is 6.54 Å². The molecule has 22 heavy (non-hydrogen) atoms. The Morgan fingerprint density at radius 1 is 1.09 bits per heavy atom. The van der Waals surface area contributed by atoms with Crippen LogP contribution in [0.2, 0.25) is 0 Å². The van der Waals surface area contributed by atoms with Crippen molar-refractivity contribution >= 4 is 11.8 Å². The Morgan fingerprint density at radius 3 is 2.27 bits per heavy atom. The van der Waals surface area contributed by atoms with Crippen LogP contribution < -0.4 is 16.4 Å². The van der Waals surface area contributed by atoms with Crippen LogP contribution in [0, 0.1) is 11.8 Å². The van der Waals surface area contributed by atoms with Gasteiger partial charge in [-0.1, -0.05) is 33.1 Å². The van der Waals surface area contributed by atoms with Crippen LogP contribution in [0.5, 0.6) is 0 Å². The molecule has 0 spiro atoms. The summed E-state index contributed by atoms with van der Waals surface area (Å²) in [6.45, 7) is 6.57. The van der Waals surface area contributed by atoms with E-state index in [1.165, 1.54) is 6.42 Å². The molecule has 4 N–H and O–H groups in total. The summed E-state index contributed by atoms with van der Waals surface area (Å²) in [4.78, 5) is 24.2. The average Bonchev–Trinajstić information content (AvgIpc) is 2.46. The Balaban J connectivity index is 2.31. The Labute approximate surface area is 134 Å². The van der Waals surface area contributed by atoms with E-state index in [4.69, 9.17) is 5.73 Å². The van der Waals surface area contributed by atoms with E-state index in [2.05, 4.69) is 24.5 Å². The molecule has 0 aliphatic heterocycles.